The van der Waals surface area contributed by atoms with Crippen LogP contribution >= 0.6 is 0 Å². The van der Waals surface area contributed by atoms with E-state index in [0.29, 0.717) is 17.3 Å². The van der Waals surface area contributed by atoms with Crippen LogP contribution in [0.5, 0.6) is 5.75 Å². The van der Waals surface area contributed by atoms with E-state index in [4.69, 9.17) is 4.74 Å². The first-order valence-corrected chi connectivity index (χ1v) is 10.4. The lowest BCUT2D eigenvalue weighted by Gasteiger charge is -2.12. The number of nitriles is 1. The van der Waals surface area contributed by atoms with Crippen LogP contribution in [0.1, 0.15) is 48.1 Å². The van der Waals surface area contributed by atoms with Gasteiger partial charge in [0.1, 0.15) is 17.6 Å². The van der Waals surface area contributed by atoms with Crippen LogP contribution in [0.3, 0.4) is 0 Å². The summed E-state index contributed by atoms with van der Waals surface area (Å²) in [6.07, 6.45) is 1.90. The zero-order chi connectivity index (χ0) is 22.1. The molecule has 2 aromatic carbocycles. The molecule has 5 heteroatoms. The van der Waals surface area contributed by atoms with Crippen molar-refractivity contribution in [2.75, 3.05) is 7.11 Å². The second-order valence-electron chi connectivity index (χ2n) is 8.05. The second kappa shape index (κ2) is 8.16. The average Bonchev–Trinajstić information content (AvgIpc) is 3.31. The summed E-state index contributed by atoms with van der Waals surface area (Å²) in [7, 11) is 1.63. The van der Waals surface area contributed by atoms with Crippen molar-refractivity contribution in [2.24, 2.45) is 0 Å². The summed E-state index contributed by atoms with van der Waals surface area (Å²) in [6.45, 7) is 8.55. The molecule has 0 unspecified atom stereocenters. The number of benzene rings is 2. The fourth-order valence-electron chi connectivity index (χ4n) is 3.89. The Bertz CT molecular complexity index is 1310. The lowest BCUT2D eigenvalue weighted by atomic mass is 10.0. The molecule has 31 heavy (non-hydrogen) atoms. The summed E-state index contributed by atoms with van der Waals surface area (Å²) in [5, 5.41) is 9.82. The van der Waals surface area contributed by atoms with Gasteiger partial charge in [0.05, 0.1) is 23.7 Å². The molecule has 1 N–H and O–H groups in total. The quantitative estimate of drug-likeness (QED) is 0.400. The number of nitrogens with one attached hydrogen (secondary N) is 1. The van der Waals surface area contributed by atoms with E-state index in [-0.39, 0.29) is 0 Å². The standard InChI is InChI=1S/C26H26N4O/c1-16(2)19-6-8-22(9-7-19)30-17(3)12-20(18(30)4)13-21(15-27)26-28-24-11-10-23(31-5)14-25(24)29-26/h6-14,16H,1-5H3,(H,28,29)/b21-13-. The Morgan fingerprint density at radius 2 is 1.87 bits per heavy atom. The molecule has 0 radical (unpaired) electrons. The molecule has 0 amide bonds. The Balaban J connectivity index is 1.74. The van der Waals surface area contributed by atoms with Crippen LogP contribution in [-0.2, 0) is 0 Å². The fourth-order valence-corrected chi connectivity index (χ4v) is 3.89. The van der Waals surface area contributed by atoms with E-state index in [1.165, 1.54) is 5.56 Å². The summed E-state index contributed by atoms with van der Waals surface area (Å²) in [6, 6.07) is 18.7. The second-order valence-corrected chi connectivity index (χ2v) is 8.05. The van der Waals surface area contributed by atoms with E-state index >= 15 is 0 Å². The molecule has 0 spiro atoms. The minimum absolute atomic E-state index is 0.491. The lowest BCUT2D eigenvalue weighted by Crippen LogP contribution is -1.99. The summed E-state index contributed by atoms with van der Waals surface area (Å²) in [5.74, 6) is 1.80. The summed E-state index contributed by atoms with van der Waals surface area (Å²) in [4.78, 5) is 7.83. The van der Waals surface area contributed by atoms with Crippen LogP contribution in [0.4, 0.5) is 0 Å². The van der Waals surface area contributed by atoms with Gasteiger partial charge in [-0.15, -0.1) is 0 Å². The van der Waals surface area contributed by atoms with E-state index in [1.807, 2.05) is 24.3 Å². The van der Waals surface area contributed by atoms with Gasteiger partial charge >= 0.3 is 0 Å². The molecule has 2 heterocycles. The molecule has 2 aromatic heterocycles. The first-order valence-electron chi connectivity index (χ1n) is 10.4. The number of hydrogen-bond donors (Lipinski definition) is 1. The third kappa shape index (κ3) is 3.85. The van der Waals surface area contributed by atoms with Crippen LogP contribution in [0.15, 0.2) is 48.5 Å². The van der Waals surface area contributed by atoms with Crippen molar-refractivity contribution in [3.63, 3.8) is 0 Å². The molecule has 0 aliphatic heterocycles. The number of allylic oxidation sites excluding steroid dienone is 1. The molecule has 0 fully saturated rings. The average molecular weight is 411 g/mol. The number of fused-ring (bicyclic) bond motifs is 1. The van der Waals surface area contributed by atoms with Crippen LogP contribution in [-0.4, -0.2) is 21.6 Å². The Morgan fingerprint density at radius 3 is 2.52 bits per heavy atom. The maximum atomic E-state index is 9.82. The third-order valence-corrected chi connectivity index (χ3v) is 5.65. The molecular formula is C26H26N4O. The Labute approximate surface area is 182 Å². The molecule has 0 aliphatic rings. The normalized spacial score (nSPS) is 11.8. The SMILES string of the molecule is COc1ccc2nc(/C(C#N)=C\c3cc(C)n(-c4ccc(C(C)C)cc4)c3C)[nH]c2c1. The molecule has 156 valence electrons. The van der Waals surface area contributed by atoms with Crippen LogP contribution in [0.2, 0.25) is 0 Å². The molecule has 4 rings (SSSR count). The van der Waals surface area contributed by atoms with E-state index in [2.05, 4.69) is 78.6 Å². The number of aryl methyl sites for hydroxylation is 1. The summed E-state index contributed by atoms with van der Waals surface area (Å²) >= 11 is 0. The van der Waals surface area contributed by atoms with E-state index in [9.17, 15) is 5.26 Å². The number of rotatable bonds is 5. The topological polar surface area (TPSA) is 66.6 Å². The number of hydrogen-bond acceptors (Lipinski definition) is 3. The molecule has 0 aliphatic carbocycles. The first-order chi connectivity index (χ1) is 14.9. The van der Waals surface area contributed by atoms with Gasteiger partial charge in [0.15, 0.2) is 0 Å². The van der Waals surface area contributed by atoms with Crippen LogP contribution in [0.25, 0.3) is 28.4 Å². The van der Waals surface area contributed by atoms with Crippen molar-refractivity contribution in [1.29, 1.82) is 5.26 Å². The summed E-state index contributed by atoms with van der Waals surface area (Å²) in [5.41, 5.74) is 7.77. The predicted molar refractivity (Wildman–Crippen MR) is 125 cm³/mol. The highest BCUT2D eigenvalue weighted by Gasteiger charge is 2.13. The Kier molecular flexibility index (Phi) is 5.39. The van der Waals surface area contributed by atoms with Gasteiger partial charge in [-0.25, -0.2) is 4.98 Å². The number of aromatic amines is 1. The Morgan fingerprint density at radius 1 is 1.13 bits per heavy atom. The lowest BCUT2D eigenvalue weighted by molar-refractivity contribution is 0.415. The highest BCUT2D eigenvalue weighted by molar-refractivity contribution is 5.91. The zero-order valence-electron chi connectivity index (χ0n) is 18.5. The van der Waals surface area contributed by atoms with Gasteiger partial charge in [0, 0.05) is 23.1 Å². The highest BCUT2D eigenvalue weighted by Crippen LogP contribution is 2.27. The predicted octanol–water partition coefficient (Wildman–Crippen LogP) is 6.17. The third-order valence-electron chi connectivity index (χ3n) is 5.65. The van der Waals surface area contributed by atoms with E-state index in [0.717, 1.165) is 39.4 Å². The highest BCUT2D eigenvalue weighted by atomic mass is 16.5. The number of nitrogens with zero attached hydrogens (tertiary/aromatic N) is 3. The Hall–Kier alpha value is -3.78. The van der Waals surface area contributed by atoms with Crippen molar-refractivity contribution in [2.45, 2.75) is 33.6 Å². The van der Waals surface area contributed by atoms with Crippen LogP contribution < -0.4 is 4.74 Å². The molecule has 0 atom stereocenters. The van der Waals surface area contributed by atoms with Crippen molar-refractivity contribution < 1.29 is 4.74 Å². The maximum absolute atomic E-state index is 9.82. The van der Waals surface area contributed by atoms with Crippen LogP contribution in [0, 0.1) is 25.2 Å². The number of imidazole rings is 1. The van der Waals surface area contributed by atoms with Crippen molar-refractivity contribution >= 4 is 22.7 Å². The van der Waals surface area contributed by atoms with Gasteiger partial charge in [0.25, 0.3) is 0 Å². The van der Waals surface area contributed by atoms with Gasteiger partial charge < -0.3 is 14.3 Å². The molecular weight excluding hydrogens is 384 g/mol. The minimum Gasteiger partial charge on any atom is -0.497 e. The zero-order valence-corrected chi connectivity index (χ0v) is 18.5. The molecule has 5 nitrogen and oxygen atoms in total. The number of H-pyrrole nitrogens is 1. The number of methoxy groups -OCH3 is 1. The molecule has 0 bridgehead atoms. The largest absolute Gasteiger partial charge is 0.497 e. The smallest absolute Gasteiger partial charge is 0.149 e. The monoisotopic (exact) mass is 410 g/mol. The van der Waals surface area contributed by atoms with Gasteiger partial charge in [-0.3, -0.25) is 0 Å². The molecule has 0 saturated carbocycles. The first kappa shape index (κ1) is 20.5. The van der Waals surface area contributed by atoms with Crippen molar-refractivity contribution in [3.8, 4) is 17.5 Å². The maximum Gasteiger partial charge on any atom is 0.149 e. The van der Waals surface area contributed by atoms with Gasteiger partial charge in [-0.2, -0.15) is 5.26 Å². The number of aromatic nitrogens is 3. The van der Waals surface area contributed by atoms with Gasteiger partial charge in [0.2, 0.25) is 0 Å². The molecule has 4 aromatic rings. The van der Waals surface area contributed by atoms with E-state index in [1.54, 1.807) is 7.11 Å². The minimum atomic E-state index is 0.491. The summed E-state index contributed by atoms with van der Waals surface area (Å²) < 4.78 is 7.49. The van der Waals surface area contributed by atoms with Crippen molar-refractivity contribution in [3.05, 3.63) is 76.9 Å². The van der Waals surface area contributed by atoms with E-state index < -0.39 is 0 Å². The van der Waals surface area contributed by atoms with Gasteiger partial charge in [-0.1, -0.05) is 26.0 Å². The van der Waals surface area contributed by atoms with Crippen molar-refractivity contribution in [1.82, 2.24) is 14.5 Å². The van der Waals surface area contributed by atoms with Gasteiger partial charge in [-0.05, 0) is 67.3 Å². The fraction of sp³-hybridized carbons (Fsp3) is 0.231. The molecule has 0 saturated heterocycles. The number of ether oxygens (including phenoxy) is 1.